The van der Waals surface area contributed by atoms with Crippen molar-refractivity contribution in [2.24, 2.45) is 5.41 Å². The highest BCUT2D eigenvalue weighted by Gasteiger charge is 2.51. The molecule has 1 amide bonds. The second-order valence-electron chi connectivity index (χ2n) is 9.47. The van der Waals surface area contributed by atoms with E-state index in [0.29, 0.717) is 24.2 Å². The summed E-state index contributed by atoms with van der Waals surface area (Å²) in [4.78, 5) is 23.5. The van der Waals surface area contributed by atoms with Gasteiger partial charge in [-0.2, -0.15) is 0 Å². The van der Waals surface area contributed by atoms with Crippen LogP contribution >= 0.6 is 0 Å². The number of hydrogen-bond donors (Lipinski definition) is 0. The van der Waals surface area contributed by atoms with E-state index in [1.165, 1.54) is 38.5 Å². The maximum atomic E-state index is 11.9. The van der Waals surface area contributed by atoms with Crippen LogP contribution < -0.4 is 9.64 Å². The van der Waals surface area contributed by atoms with Crippen LogP contribution in [0, 0.1) is 5.41 Å². The van der Waals surface area contributed by atoms with Crippen molar-refractivity contribution < 1.29 is 14.3 Å². The quantitative estimate of drug-likeness (QED) is 0.738. The van der Waals surface area contributed by atoms with E-state index < -0.39 is 0 Å². The van der Waals surface area contributed by atoms with Gasteiger partial charge in [0.05, 0.1) is 12.7 Å². The number of rotatable bonds is 5. The molecule has 5 rings (SSSR count). The maximum absolute atomic E-state index is 11.9. The van der Waals surface area contributed by atoms with Gasteiger partial charge in [0.2, 0.25) is 0 Å². The average molecular weight is 415 g/mol. The number of aromatic nitrogens is 1. The van der Waals surface area contributed by atoms with Crippen molar-refractivity contribution in [3.63, 3.8) is 0 Å². The molecule has 7 nitrogen and oxygen atoms in total. The van der Waals surface area contributed by atoms with E-state index >= 15 is 0 Å². The third-order valence-corrected chi connectivity index (χ3v) is 7.48. The molecular weight excluding hydrogens is 380 g/mol. The van der Waals surface area contributed by atoms with Crippen LogP contribution in [0.25, 0.3) is 0 Å². The normalized spacial score (nSPS) is 26.4. The van der Waals surface area contributed by atoms with Crippen LogP contribution in [-0.4, -0.2) is 78.9 Å². The number of amides is 1. The Morgan fingerprint density at radius 3 is 2.70 bits per heavy atom. The molecule has 2 saturated heterocycles. The largest absolute Gasteiger partial charge is 0.487 e. The van der Waals surface area contributed by atoms with Crippen molar-refractivity contribution in [2.75, 3.05) is 50.8 Å². The Labute approximate surface area is 179 Å². The fraction of sp³-hybridized carbons (Fsp3) is 0.739. The van der Waals surface area contributed by atoms with Gasteiger partial charge in [-0.3, -0.25) is 4.90 Å². The minimum atomic E-state index is -0.143. The molecule has 0 bridgehead atoms. The average Bonchev–Trinajstić information content (AvgIpc) is 3.16. The van der Waals surface area contributed by atoms with Crippen LogP contribution in [0.4, 0.5) is 10.6 Å². The summed E-state index contributed by atoms with van der Waals surface area (Å²) in [5.41, 5.74) is 0.333. The third kappa shape index (κ3) is 3.84. The predicted molar refractivity (Wildman–Crippen MR) is 115 cm³/mol. The monoisotopic (exact) mass is 414 g/mol. The Morgan fingerprint density at radius 2 is 2.00 bits per heavy atom. The van der Waals surface area contributed by atoms with Gasteiger partial charge in [-0.25, -0.2) is 9.78 Å². The van der Waals surface area contributed by atoms with Gasteiger partial charge in [-0.15, -0.1) is 0 Å². The molecule has 7 heteroatoms. The summed E-state index contributed by atoms with van der Waals surface area (Å²) in [6.07, 6.45) is 9.40. The van der Waals surface area contributed by atoms with E-state index in [0.717, 1.165) is 50.8 Å². The van der Waals surface area contributed by atoms with Crippen molar-refractivity contribution in [3.05, 3.63) is 18.3 Å². The van der Waals surface area contributed by atoms with Gasteiger partial charge in [0.25, 0.3) is 0 Å². The number of nitrogens with zero attached hydrogens (tertiary/aromatic N) is 4. The number of carbonyl (C=O) groups is 1. The van der Waals surface area contributed by atoms with Crippen molar-refractivity contribution in [3.8, 4) is 5.75 Å². The number of anilines is 1. The Bertz CT molecular complexity index is 755. The van der Waals surface area contributed by atoms with E-state index in [4.69, 9.17) is 9.47 Å². The Hall–Kier alpha value is -2.02. The standard InChI is InChI=1S/C23H34N4O3/c1-2-29-22(28)27-16-23(17-27)9-8-18(15-23)25-11-13-26(14-12-25)21-20(7-4-10-24-21)30-19-5-3-6-19/h4,7,10,18-19H,2-3,5-6,8-9,11-17H2,1H3. The minimum absolute atomic E-state index is 0.143. The first-order valence-corrected chi connectivity index (χ1v) is 11.7. The molecule has 0 N–H and O–H groups in total. The van der Waals surface area contributed by atoms with Crippen molar-refractivity contribution >= 4 is 11.9 Å². The molecular formula is C23H34N4O3. The first kappa shape index (κ1) is 19.9. The van der Waals surface area contributed by atoms with Crippen LogP contribution in [0.1, 0.15) is 45.4 Å². The van der Waals surface area contributed by atoms with Crippen molar-refractivity contribution in [1.29, 1.82) is 0 Å². The highest BCUT2D eigenvalue weighted by atomic mass is 16.6. The number of piperazine rings is 1. The molecule has 1 aromatic rings. The van der Waals surface area contributed by atoms with Gasteiger partial charge in [0.15, 0.2) is 11.6 Å². The lowest BCUT2D eigenvalue weighted by molar-refractivity contribution is -0.00295. The SMILES string of the molecule is CCOC(=O)N1CC2(CCC(N3CCN(c4ncccc4OC4CCC4)CC3)C2)C1. The lowest BCUT2D eigenvalue weighted by atomic mass is 9.78. The van der Waals surface area contributed by atoms with E-state index in [1.807, 2.05) is 24.1 Å². The molecule has 0 radical (unpaired) electrons. The lowest BCUT2D eigenvalue weighted by Crippen LogP contribution is -2.58. The number of carbonyl (C=O) groups excluding carboxylic acids is 1. The summed E-state index contributed by atoms with van der Waals surface area (Å²) in [5.74, 6) is 1.96. The zero-order valence-electron chi connectivity index (χ0n) is 18.1. The van der Waals surface area contributed by atoms with Crippen LogP contribution in [0.15, 0.2) is 18.3 Å². The van der Waals surface area contributed by atoms with Gasteiger partial charge in [-0.1, -0.05) is 0 Å². The molecule has 2 aliphatic carbocycles. The molecule has 2 aliphatic heterocycles. The zero-order valence-corrected chi connectivity index (χ0v) is 18.1. The molecule has 0 aromatic carbocycles. The molecule has 1 unspecified atom stereocenters. The molecule has 1 atom stereocenters. The smallest absolute Gasteiger partial charge is 0.409 e. The summed E-state index contributed by atoms with van der Waals surface area (Å²) < 4.78 is 11.3. The Kier molecular flexibility index (Phi) is 5.48. The van der Waals surface area contributed by atoms with Gasteiger partial charge in [0, 0.05) is 56.9 Å². The Morgan fingerprint density at radius 1 is 1.20 bits per heavy atom. The van der Waals surface area contributed by atoms with Gasteiger partial charge in [0.1, 0.15) is 0 Å². The summed E-state index contributed by atoms with van der Waals surface area (Å²) >= 11 is 0. The molecule has 2 saturated carbocycles. The third-order valence-electron chi connectivity index (χ3n) is 7.48. The van der Waals surface area contributed by atoms with Crippen LogP contribution in [0.2, 0.25) is 0 Å². The second-order valence-corrected chi connectivity index (χ2v) is 9.47. The first-order chi connectivity index (χ1) is 14.7. The van der Waals surface area contributed by atoms with Crippen molar-refractivity contribution in [2.45, 2.75) is 57.6 Å². The number of likely N-dealkylation sites (tertiary alicyclic amines) is 1. The van der Waals surface area contributed by atoms with Gasteiger partial charge >= 0.3 is 6.09 Å². The highest BCUT2D eigenvalue weighted by Crippen LogP contribution is 2.47. The highest BCUT2D eigenvalue weighted by molar-refractivity contribution is 5.69. The number of pyridine rings is 1. The summed E-state index contributed by atoms with van der Waals surface area (Å²) in [6, 6.07) is 4.69. The number of hydrogen-bond acceptors (Lipinski definition) is 6. The molecule has 4 fully saturated rings. The minimum Gasteiger partial charge on any atom is -0.487 e. The van der Waals surface area contributed by atoms with E-state index in [2.05, 4.69) is 20.9 Å². The fourth-order valence-electron chi connectivity index (χ4n) is 5.56. The molecule has 1 aromatic heterocycles. The summed E-state index contributed by atoms with van der Waals surface area (Å²) in [6.45, 7) is 8.21. The Balaban J connectivity index is 1.13. The predicted octanol–water partition coefficient (Wildman–Crippen LogP) is 3.15. The molecule has 4 aliphatic rings. The van der Waals surface area contributed by atoms with Crippen LogP contribution in [-0.2, 0) is 4.74 Å². The van der Waals surface area contributed by atoms with Gasteiger partial charge < -0.3 is 19.3 Å². The first-order valence-electron chi connectivity index (χ1n) is 11.7. The van der Waals surface area contributed by atoms with E-state index in [1.54, 1.807) is 0 Å². The lowest BCUT2D eigenvalue weighted by Gasteiger charge is -2.48. The van der Waals surface area contributed by atoms with Crippen LogP contribution in [0.3, 0.4) is 0 Å². The van der Waals surface area contributed by atoms with E-state index in [9.17, 15) is 4.79 Å². The molecule has 1 spiro atoms. The second kappa shape index (κ2) is 8.25. The van der Waals surface area contributed by atoms with Gasteiger partial charge in [-0.05, 0) is 57.6 Å². The molecule has 30 heavy (non-hydrogen) atoms. The fourth-order valence-corrected chi connectivity index (χ4v) is 5.56. The zero-order chi connectivity index (χ0) is 20.6. The summed E-state index contributed by atoms with van der Waals surface area (Å²) in [7, 11) is 0. The van der Waals surface area contributed by atoms with E-state index in [-0.39, 0.29) is 6.09 Å². The van der Waals surface area contributed by atoms with Crippen molar-refractivity contribution in [1.82, 2.24) is 14.8 Å². The topological polar surface area (TPSA) is 58.1 Å². The molecule has 164 valence electrons. The maximum Gasteiger partial charge on any atom is 0.409 e. The number of ether oxygens (including phenoxy) is 2. The molecule has 3 heterocycles. The van der Waals surface area contributed by atoms with Crippen LogP contribution in [0.5, 0.6) is 5.75 Å². The summed E-state index contributed by atoms with van der Waals surface area (Å²) in [5, 5.41) is 0.